The summed E-state index contributed by atoms with van der Waals surface area (Å²) in [6.07, 6.45) is -0.584. The standard InChI is InChI=1S/C13H16ClNO4S/c1-8(2)7-15-11-6-10(20(14,17)18)4-5-12(11)19-9(3)13(15)16/h4-6,8-9H,7H2,1-3H3. The van der Waals surface area contributed by atoms with Crippen LogP contribution in [-0.4, -0.2) is 27.0 Å². The molecule has 0 aliphatic carbocycles. The zero-order valence-electron chi connectivity index (χ0n) is 11.5. The highest BCUT2D eigenvalue weighted by molar-refractivity contribution is 8.13. The molecule has 20 heavy (non-hydrogen) atoms. The number of fused-ring (bicyclic) bond motifs is 1. The molecular weight excluding hydrogens is 302 g/mol. The van der Waals surface area contributed by atoms with E-state index in [4.69, 9.17) is 15.4 Å². The molecule has 0 N–H and O–H groups in total. The minimum absolute atomic E-state index is 0.0439. The topological polar surface area (TPSA) is 63.7 Å². The predicted molar refractivity (Wildman–Crippen MR) is 76.8 cm³/mol. The van der Waals surface area contributed by atoms with Gasteiger partial charge < -0.3 is 9.64 Å². The number of halogens is 1. The Morgan fingerprint density at radius 2 is 2.05 bits per heavy atom. The van der Waals surface area contributed by atoms with Crippen molar-refractivity contribution in [2.45, 2.75) is 31.8 Å². The molecule has 0 saturated heterocycles. The highest BCUT2D eigenvalue weighted by atomic mass is 35.7. The first-order valence-electron chi connectivity index (χ1n) is 6.27. The van der Waals surface area contributed by atoms with Crippen molar-refractivity contribution in [3.05, 3.63) is 18.2 Å². The van der Waals surface area contributed by atoms with Crippen LogP contribution >= 0.6 is 10.7 Å². The average molecular weight is 318 g/mol. The van der Waals surface area contributed by atoms with Crippen LogP contribution in [0.2, 0.25) is 0 Å². The molecule has 1 aliphatic rings. The summed E-state index contributed by atoms with van der Waals surface area (Å²) in [5.74, 6) is 0.547. The van der Waals surface area contributed by atoms with Gasteiger partial charge in [0.05, 0.1) is 10.6 Å². The minimum atomic E-state index is -3.84. The van der Waals surface area contributed by atoms with Gasteiger partial charge in [-0.2, -0.15) is 0 Å². The summed E-state index contributed by atoms with van der Waals surface area (Å²) in [6, 6.07) is 4.28. The molecule has 7 heteroatoms. The smallest absolute Gasteiger partial charge is 0.267 e. The lowest BCUT2D eigenvalue weighted by Gasteiger charge is -2.34. The highest BCUT2D eigenvalue weighted by Gasteiger charge is 2.32. The van der Waals surface area contributed by atoms with Gasteiger partial charge in [-0.25, -0.2) is 8.42 Å². The van der Waals surface area contributed by atoms with Crippen molar-refractivity contribution in [1.29, 1.82) is 0 Å². The SMILES string of the molecule is CC(C)CN1C(=O)C(C)Oc2ccc(S(=O)(=O)Cl)cc21. The molecule has 0 spiro atoms. The first-order valence-corrected chi connectivity index (χ1v) is 8.58. The molecule has 0 aromatic heterocycles. The number of benzene rings is 1. The van der Waals surface area contributed by atoms with E-state index >= 15 is 0 Å². The van der Waals surface area contributed by atoms with E-state index in [2.05, 4.69) is 0 Å². The molecular formula is C13H16ClNO4S. The van der Waals surface area contributed by atoms with Crippen molar-refractivity contribution >= 4 is 31.3 Å². The van der Waals surface area contributed by atoms with E-state index in [9.17, 15) is 13.2 Å². The lowest BCUT2D eigenvalue weighted by atomic mass is 10.1. The summed E-state index contributed by atoms with van der Waals surface area (Å²) >= 11 is 0. The van der Waals surface area contributed by atoms with Crippen LogP contribution in [0.1, 0.15) is 20.8 Å². The number of carbonyl (C=O) groups excluding carboxylic acids is 1. The van der Waals surface area contributed by atoms with Gasteiger partial charge in [0.2, 0.25) is 0 Å². The van der Waals surface area contributed by atoms with Crippen LogP contribution < -0.4 is 9.64 Å². The van der Waals surface area contributed by atoms with Crippen molar-refractivity contribution < 1.29 is 17.9 Å². The number of anilines is 1. The predicted octanol–water partition coefficient (Wildman–Crippen LogP) is 2.38. The molecule has 1 amide bonds. The number of ether oxygens (including phenoxy) is 1. The normalized spacial score (nSPS) is 18.9. The Morgan fingerprint density at radius 1 is 1.40 bits per heavy atom. The fourth-order valence-corrected chi connectivity index (χ4v) is 2.86. The van der Waals surface area contributed by atoms with Gasteiger partial charge in [-0.3, -0.25) is 4.79 Å². The van der Waals surface area contributed by atoms with Crippen LogP contribution in [0.25, 0.3) is 0 Å². The van der Waals surface area contributed by atoms with Crippen LogP contribution in [0, 0.1) is 5.92 Å². The van der Waals surface area contributed by atoms with Gasteiger partial charge in [0.15, 0.2) is 6.10 Å². The van der Waals surface area contributed by atoms with Gasteiger partial charge in [0.25, 0.3) is 15.0 Å². The third-order valence-electron chi connectivity index (χ3n) is 2.97. The maximum absolute atomic E-state index is 12.2. The lowest BCUT2D eigenvalue weighted by molar-refractivity contribution is -0.125. The van der Waals surface area contributed by atoms with Crippen LogP contribution in [0.5, 0.6) is 5.75 Å². The molecule has 0 bridgehead atoms. The monoisotopic (exact) mass is 317 g/mol. The highest BCUT2D eigenvalue weighted by Crippen LogP contribution is 2.37. The van der Waals surface area contributed by atoms with Crippen LogP contribution in [0.3, 0.4) is 0 Å². The van der Waals surface area contributed by atoms with Crippen molar-refractivity contribution in [1.82, 2.24) is 0 Å². The zero-order valence-corrected chi connectivity index (χ0v) is 13.0. The molecule has 5 nitrogen and oxygen atoms in total. The molecule has 0 fully saturated rings. The second kappa shape index (κ2) is 5.26. The van der Waals surface area contributed by atoms with Crippen LogP contribution in [0.4, 0.5) is 5.69 Å². The summed E-state index contributed by atoms with van der Waals surface area (Å²) in [4.78, 5) is 13.7. The molecule has 1 atom stereocenters. The van der Waals surface area contributed by atoms with E-state index < -0.39 is 15.2 Å². The van der Waals surface area contributed by atoms with Gasteiger partial charge in [-0.1, -0.05) is 13.8 Å². The fourth-order valence-electron chi connectivity index (χ4n) is 2.09. The number of carbonyl (C=O) groups is 1. The average Bonchev–Trinajstić information content (AvgIpc) is 2.33. The molecule has 1 unspecified atom stereocenters. The van der Waals surface area contributed by atoms with Crippen molar-refractivity contribution in [2.24, 2.45) is 5.92 Å². The minimum Gasteiger partial charge on any atom is -0.479 e. The summed E-state index contributed by atoms with van der Waals surface area (Å²) in [5, 5.41) is 0. The maximum Gasteiger partial charge on any atom is 0.267 e. The van der Waals surface area contributed by atoms with E-state index in [1.165, 1.54) is 18.2 Å². The van der Waals surface area contributed by atoms with Gasteiger partial charge in [-0.15, -0.1) is 0 Å². The molecule has 0 radical (unpaired) electrons. The number of amides is 1. The Kier molecular flexibility index (Phi) is 3.97. The van der Waals surface area contributed by atoms with Gasteiger partial charge in [0.1, 0.15) is 5.75 Å². The Morgan fingerprint density at radius 3 is 2.60 bits per heavy atom. The molecule has 2 rings (SSSR count). The van der Waals surface area contributed by atoms with Gasteiger partial charge in [-0.05, 0) is 31.0 Å². The largest absolute Gasteiger partial charge is 0.479 e. The van der Waals surface area contributed by atoms with E-state index in [0.717, 1.165) is 0 Å². The zero-order chi connectivity index (χ0) is 15.1. The van der Waals surface area contributed by atoms with Crippen LogP contribution in [-0.2, 0) is 13.8 Å². The van der Waals surface area contributed by atoms with Crippen molar-refractivity contribution in [2.75, 3.05) is 11.4 Å². The number of rotatable bonds is 3. The third kappa shape index (κ3) is 2.91. The first-order chi connectivity index (χ1) is 9.20. The second-order valence-electron chi connectivity index (χ2n) is 5.17. The number of hydrogen-bond donors (Lipinski definition) is 0. The van der Waals surface area contributed by atoms with Crippen molar-refractivity contribution in [3.63, 3.8) is 0 Å². The summed E-state index contributed by atoms with van der Waals surface area (Å²) in [6.45, 7) is 6.13. The van der Waals surface area contributed by atoms with Gasteiger partial charge >= 0.3 is 0 Å². The number of nitrogens with zero attached hydrogens (tertiary/aromatic N) is 1. The quantitative estimate of drug-likeness (QED) is 0.803. The van der Waals surface area contributed by atoms with Crippen molar-refractivity contribution in [3.8, 4) is 5.75 Å². The van der Waals surface area contributed by atoms with E-state index in [1.54, 1.807) is 11.8 Å². The molecule has 1 aromatic carbocycles. The summed E-state index contributed by atoms with van der Waals surface area (Å²) in [7, 11) is 1.51. The molecule has 1 aliphatic heterocycles. The second-order valence-corrected chi connectivity index (χ2v) is 7.74. The third-order valence-corrected chi connectivity index (χ3v) is 4.32. The summed E-state index contributed by atoms with van der Waals surface area (Å²) < 4.78 is 28.3. The van der Waals surface area contributed by atoms with E-state index in [0.29, 0.717) is 18.0 Å². The Balaban J connectivity index is 2.54. The maximum atomic E-state index is 12.2. The van der Waals surface area contributed by atoms with Crippen LogP contribution in [0.15, 0.2) is 23.1 Å². The molecule has 110 valence electrons. The summed E-state index contributed by atoms with van der Waals surface area (Å²) in [5.41, 5.74) is 0.448. The number of hydrogen-bond acceptors (Lipinski definition) is 4. The van der Waals surface area contributed by atoms with E-state index in [-0.39, 0.29) is 16.7 Å². The fraction of sp³-hybridized carbons (Fsp3) is 0.462. The first kappa shape index (κ1) is 15.1. The van der Waals surface area contributed by atoms with Gasteiger partial charge in [0, 0.05) is 17.2 Å². The van der Waals surface area contributed by atoms with E-state index in [1.807, 2.05) is 13.8 Å². The molecule has 1 heterocycles. The Bertz CT molecular complexity index is 642. The lowest BCUT2D eigenvalue weighted by Crippen LogP contribution is -2.46. The molecule has 1 aromatic rings. The molecule has 0 saturated carbocycles. The Labute approximate surface area is 122 Å². The Hall–Kier alpha value is -1.27.